The van der Waals surface area contributed by atoms with Gasteiger partial charge in [0.25, 0.3) is 5.76 Å². The van der Waals surface area contributed by atoms with E-state index in [1.807, 2.05) is 0 Å². The van der Waals surface area contributed by atoms with Crippen LogP contribution in [0.15, 0.2) is 82.0 Å². The Morgan fingerprint density at radius 3 is 2.20 bits per heavy atom. The average Bonchev–Trinajstić information content (AvgIpc) is 2.99. The molecule has 0 radical (unpaired) electrons. The minimum absolute atomic E-state index is 0.0394. The first-order valence-electron chi connectivity index (χ1n) is 13.1. The number of amides is 1. The Kier molecular flexibility index (Phi) is 9.57. The van der Waals surface area contributed by atoms with E-state index in [4.69, 9.17) is 18.6 Å². The first-order valence-corrected chi connectivity index (χ1v) is 13.1. The van der Waals surface area contributed by atoms with Gasteiger partial charge < -0.3 is 28.7 Å². The summed E-state index contributed by atoms with van der Waals surface area (Å²) in [6, 6.07) is 15.8. The molecule has 230 valence electrons. The van der Waals surface area contributed by atoms with Crippen LogP contribution in [0.1, 0.15) is 35.5 Å². The van der Waals surface area contributed by atoms with Gasteiger partial charge in [-0.1, -0.05) is 44.2 Å². The third kappa shape index (κ3) is 7.54. The van der Waals surface area contributed by atoms with Crippen LogP contribution in [0.2, 0.25) is 0 Å². The molecule has 0 aliphatic rings. The van der Waals surface area contributed by atoms with Gasteiger partial charge in [-0.3, -0.25) is 4.79 Å². The number of esters is 2. The molecule has 13 heteroatoms. The molecule has 44 heavy (non-hydrogen) atoms. The number of rotatable bonds is 9. The summed E-state index contributed by atoms with van der Waals surface area (Å²) in [7, 11) is 1.17. The Hall–Kier alpha value is -5.33. The summed E-state index contributed by atoms with van der Waals surface area (Å²) in [6.45, 7) is 3.24. The number of alkyl carbamates (subject to hydrolysis) is 1. The molecule has 1 amide bonds. The number of fused-ring (bicyclic) bond motifs is 1. The molecule has 0 saturated heterocycles. The summed E-state index contributed by atoms with van der Waals surface area (Å²) in [5.41, 5.74) is -0.830. The fraction of sp³-hybridized carbons (Fsp3) is 0.226. The molecule has 0 bridgehead atoms. The van der Waals surface area contributed by atoms with Crippen molar-refractivity contribution in [1.29, 1.82) is 0 Å². The second-order valence-corrected chi connectivity index (χ2v) is 9.71. The van der Waals surface area contributed by atoms with Crippen LogP contribution in [0, 0.1) is 5.92 Å². The van der Waals surface area contributed by atoms with E-state index in [-0.39, 0.29) is 29.1 Å². The highest BCUT2D eigenvalue weighted by atomic mass is 19.4. The highest BCUT2D eigenvalue weighted by molar-refractivity contribution is 5.89. The fourth-order valence-electron chi connectivity index (χ4n) is 3.96. The van der Waals surface area contributed by atoms with Crippen LogP contribution in [-0.4, -0.2) is 31.2 Å². The number of hydrogen-bond donors (Lipinski definition) is 1. The van der Waals surface area contributed by atoms with Crippen molar-refractivity contribution in [3.8, 4) is 17.2 Å². The molecular weight excluding hydrogens is 587 g/mol. The molecule has 0 aliphatic heterocycles. The monoisotopic (exact) mass is 613 g/mol. The molecule has 3 aromatic carbocycles. The molecule has 10 nitrogen and oxygen atoms in total. The first-order chi connectivity index (χ1) is 20.9. The summed E-state index contributed by atoms with van der Waals surface area (Å²) in [5.74, 6) is -5.32. The van der Waals surface area contributed by atoms with E-state index >= 15 is 0 Å². The highest BCUT2D eigenvalue weighted by Gasteiger charge is 2.40. The smallest absolute Gasteiger partial charge is 0.453 e. The third-order valence-corrected chi connectivity index (χ3v) is 6.20. The van der Waals surface area contributed by atoms with Crippen LogP contribution in [0.25, 0.3) is 11.0 Å². The molecule has 1 unspecified atom stereocenters. The van der Waals surface area contributed by atoms with Crippen LogP contribution in [-0.2, 0) is 27.1 Å². The number of benzene rings is 3. The van der Waals surface area contributed by atoms with Gasteiger partial charge in [0.15, 0.2) is 0 Å². The third-order valence-electron chi connectivity index (χ3n) is 6.20. The van der Waals surface area contributed by atoms with Gasteiger partial charge in [0.1, 0.15) is 29.7 Å². The number of hydrogen-bond acceptors (Lipinski definition) is 9. The van der Waals surface area contributed by atoms with Gasteiger partial charge in [-0.05, 0) is 47.9 Å². The number of alkyl halides is 3. The highest BCUT2D eigenvalue weighted by Crippen LogP contribution is 2.38. The normalized spacial score (nSPS) is 12.0. The van der Waals surface area contributed by atoms with Gasteiger partial charge >= 0.3 is 24.2 Å². The van der Waals surface area contributed by atoms with Gasteiger partial charge in [-0.25, -0.2) is 14.4 Å². The molecule has 1 aromatic heterocycles. The number of carbonyl (C=O) groups is 3. The molecule has 0 fully saturated rings. The topological polar surface area (TPSA) is 130 Å². The molecule has 1 atom stereocenters. The Balaban J connectivity index is 1.56. The molecular formula is C31H26F3NO9. The zero-order chi connectivity index (χ0) is 32.0. The van der Waals surface area contributed by atoms with E-state index in [9.17, 15) is 32.3 Å². The van der Waals surface area contributed by atoms with Crippen molar-refractivity contribution in [3.05, 3.63) is 99.9 Å². The van der Waals surface area contributed by atoms with Crippen molar-refractivity contribution in [2.24, 2.45) is 5.92 Å². The predicted octanol–water partition coefficient (Wildman–Crippen LogP) is 6.25. The maximum atomic E-state index is 14.0. The zero-order valence-corrected chi connectivity index (χ0v) is 23.6. The van der Waals surface area contributed by atoms with E-state index in [0.717, 1.165) is 17.7 Å². The second-order valence-electron chi connectivity index (χ2n) is 9.71. The van der Waals surface area contributed by atoms with Crippen molar-refractivity contribution in [2.45, 2.75) is 32.7 Å². The Morgan fingerprint density at radius 2 is 1.59 bits per heavy atom. The maximum absolute atomic E-state index is 14.0. The second kappa shape index (κ2) is 13.3. The van der Waals surface area contributed by atoms with Crippen LogP contribution < -0.4 is 20.2 Å². The SMILES string of the molecule is COC(=O)c1ccc(Oc2c(C(F)(F)F)oc3cc(OC(=O)C(NC(=O)OCc4ccccc4)C(C)C)ccc3c2=O)cc1. The Morgan fingerprint density at radius 1 is 0.932 bits per heavy atom. The van der Waals surface area contributed by atoms with E-state index in [0.29, 0.717) is 0 Å². The zero-order valence-electron chi connectivity index (χ0n) is 23.6. The van der Waals surface area contributed by atoms with E-state index in [1.54, 1.807) is 44.2 Å². The molecule has 1 heterocycles. The van der Waals surface area contributed by atoms with E-state index < -0.39 is 58.7 Å². The lowest BCUT2D eigenvalue weighted by Gasteiger charge is -2.20. The minimum atomic E-state index is -5.14. The van der Waals surface area contributed by atoms with Crippen molar-refractivity contribution in [1.82, 2.24) is 5.32 Å². The van der Waals surface area contributed by atoms with Crippen molar-refractivity contribution in [2.75, 3.05) is 7.11 Å². The van der Waals surface area contributed by atoms with Gasteiger partial charge in [-0.2, -0.15) is 13.2 Å². The molecule has 0 aliphatic carbocycles. The van der Waals surface area contributed by atoms with Crippen molar-refractivity contribution < 1.29 is 50.9 Å². The summed E-state index contributed by atoms with van der Waals surface area (Å²) >= 11 is 0. The molecule has 0 spiro atoms. The maximum Gasteiger partial charge on any atom is 0.453 e. The quantitative estimate of drug-likeness (QED) is 0.172. The number of carbonyl (C=O) groups excluding carboxylic acids is 3. The van der Waals surface area contributed by atoms with Crippen molar-refractivity contribution >= 4 is 29.0 Å². The number of nitrogens with one attached hydrogen (secondary N) is 1. The summed E-state index contributed by atoms with van der Waals surface area (Å²) in [4.78, 5) is 50.0. The van der Waals surface area contributed by atoms with Gasteiger partial charge in [0.05, 0.1) is 18.1 Å². The first kappa shape index (κ1) is 31.6. The van der Waals surface area contributed by atoms with E-state index in [2.05, 4.69) is 10.1 Å². The van der Waals surface area contributed by atoms with E-state index in [1.165, 1.54) is 37.4 Å². The van der Waals surface area contributed by atoms with Crippen molar-refractivity contribution in [3.63, 3.8) is 0 Å². The van der Waals surface area contributed by atoms with Crippen LogP contribution in [0.5, 0.6) is 17.2 Å². The summed E-state index contributed by atoms with van der Waals surface area (Å²) in [6.07, 6.45) is -6.02. The Labute approximate surface area is 248 Å². The lowest BCUT2D eigenvalue weighted by atomic mass is 10.1. The number of methoxy groups -OCH3 is 1. The lowest BCUT2D eigenvalue weighted by Crippen LogP contribution is -2.46. The summed E-state index contributed by atoms with van der Waals surface area (Å²) in [5, 5.41) is 2.14. The number of halogens is 3. The lowest BCUT2D eigenvalue weighted by molar-refractivity contribution is -0.154. The predicted molar refractivity (Wildman–Crippen MR) is 149 cm³/mol. The van der Waals surface area contributed by atoms with Gasteiger partial charge in [0, 0.05) is 6.07 Å². The van der Waals surface area contributed by atoms with Crippen LogP contribution >= 0.6 is 0 Å². The summed E-state index contributed by atoms with van der Waals surface area (Å²) < 4.78 is 67.3. The van der Waals surface area contributed by atoms with Gasteiger partial charge in [0.2, 0.25) is 11.2 Å². The fourth-order valence-corrected chi connectivity index (χ4v) is 3.96. The molecule has 4 aromatic rings. The average molecular weight is 614 g/mol. The standard InChI is InChI=1S/C31H26F3NO9/c1-17(2)24(35-30(39)41-16-18-7-5-4-6-8-18)29(38)43-21-13-14-22-23(15-21)44-27(31(32,33)34)26(25(22)36)42-20-11-9-19(10-12-20)28(37)40-3/h4-15,17,24H,16H2,1-3H3,(H,35,39). The van der Waals surface area contributed by atoms with Crippen LogP contribution in [0.4, 0.5) is 18.0 Å². The largest absolute Gasteiger partial charge is 0.465 e. The van der Waals surface area contributed by atoms with Gasteiger partial charge in [-0.15, -0.1) is 0 Å². The molecule has 0 saturated carbocycles. The minimum Gasteiger partial charge on any atom is -0.465 e. The van der Waals surface area contributed by atoms with Crippen LogP contribution in [0.3, 0.4) is 0 Å². The molecule has 1 N–H and O–H groups in total. The Bertz CT molecular complexity index is 1720. The number of ether oxygens (including phenoxy) is 4. The molecule has 4 rings (SSSR count).